The van der Waals surface area contributed by atoms with Crippen molar-refractivity contribution in [3.8, 4) is 0 Å². The largest absolute Gasteiger partial charge is 0.388 e. The molecule has 2 rings (SSSR count). The SMILES string of the molecule is CS(=O)(=O)c1cnc(Cl)c(CCC(O)c2ccc(Cl)c(Cl)c2)c1. The summed E-state index contributed by atoms with van der Waals surface area (Å²) >= 11 is 17.8. The normalized spacial score (nSPS) is 13.1. The van der Waals surface area contributed by atoms with E-state index in [1.807, 2.05) is 0 Å². The van der Waals surface area contributed by atoms with Crippen molar-refractivity contribution in [2.75, 3.05) is 6.26 Å². The summed E-state index contributed by atoms with van der Waals surface area (Å²) in [6, 6.07) is 6.38. The van der Waals surface area contributed by atoms with Crippen LogP contribution in [-0.4, -0.2) is 24.8 Å². The molecular weight excluding hydrogens is 381 g/mol. The predicted octanol–water partition coefficient (Wildman–Crippen LogP) is 4.11. The van der Waals surface area contributed by atoms with Gasteiger partial charge in [0.2, 0.25) is 0 Å². The van der Waals surface area contributed by atoms with E-state index in [2.05, 4.69) is 4.98 Å². The second kappa shape index (κ2) is 7.36. The monoisotopic (exact) mass is 393 g/mol. The van der Waals surface area contributed by atoms with E-state index in [4.69, 9.17) is 34.8 Å². The molecule has 1 unspecified atom stereocenters. The summed E-state index contributed by atoms with van der Waals surface area (Å²) in [4.78, 5) is 3.99. The Balaban J connectivity index is 2.15. The number of aromatic nitrogens is 1. The van der Waals surface area contributed by atoms with Gasteiger partial charge in [0.05, 0.1) is 21.0 Å². The van der Waals surface area contributed by atoms with Crippen LogP contribution >= 0.6 is 34.8 Å². The number of aryl methyl sites for hydroxylation is 1. The van der Waals surface area contributed by atoms with Gasteiger partial charge in [-0.1, -0.05) is 40.9 Å². The van der Waals surface area contributed by atoms with Gasteiger partial charge < -0.3 is 5.11 Å². The van der Waals surface area contributed by atoms with Gasteiger partial charge in [0, 0.05) is 12.5 Å². The lowest BCUT2D eigenvalue weighted by Crippen LogP contribution is -2.03. The van der Waals surface area contributed by atoms with Gasteiger partial charge in [-0.3, -0.25) is 0 Å². The van der Waals surface area contributed by atoms with Crippen LogP contribution in [0, 0.1) is 0 Å². The van der Waals surface area contributed by atoms with Gasteiger partial charge >= 0.3 is 0 Å². The van der Waals surface area contributed by atoms with Crippen molar-refractivity contribution in [1.82, 2.24) is 4.98 Å². The van der Waals surface area contributed by atoms with E-state index in [9.17, 15) is 13.5 Å². The molecule has 0 aliphatic carbocycles. The maximum atomic E-state index is 11.6. The second-order valence-corrected chi connectivity index (χ2v) is 8.31. The number of nitrogens with zero attached hydrogens (tertiary/aromatic N) is 1. The summed E-state index contributed by atoms with van der Waals surface area (Å²) < 4.78 is 23.1. The zero-order valence-corrected chi connectivity index (χ0v) is 15.2. The summed E-state index contributed by atoms with van der Waals surface area (Å²) in [5, 5.41) is 11.2. The van der Waals surface area contributed by atoms with E-state index in [0.717, 1.165) is 6.26 Å². The van der Waals surface area contributed by atoms with Crippen LogP contribution in [0.1, 0.15) is 23.7 Å². The number of hydrogen-bond acceptors (Lipinski definition) is 4. The first-order chi connectivity index (χ1) is 10.7. The fourth-order valence-electron chi connectivity index (χ4n) is 2.03. The highest BCUT2D eigenvalue weighted by molar-refractivity contribution is 7.90. The van der Waals surface area contributed by atoms with Gasteiger partial charge in [0.1, 0.15) is 5.15 Å². The van der Waals surface area contributed by atoms with Crippen LogP contribution in [0.15, 0.2) is 35.4 Å². The third-order valence-electron chi connectivity index (χ3n) is 3.33. The fourth-order valence-corrected chi connectivity index (χ4v) is 3.13. The molecule has 4 nitrogen and oxygen atoms in total. The number of aliphatic hydroxyl groups excluding tert-OH is 1. The van der Waals surface area contributed by atoms with Crippen LogP contribution in [0.4, 0.5) is 0 Å². The van der Waals surface area contributed by atoms with Crippen molar-refractivity contribution in [3.63, 3.8) is 0 Å². The predicted molar refractivity (Wildman–Crippen MR) is 92.1 cm³/mol. The Kier molecular flexibility index (Phi) is 5.92. The van der Waals surface area contributed by atoms with Crippen LogP contribution in [0.2, 0.25) is 15.2 Å². The molecule has 0 amide bonds. The maximum absolute atomic E-state index is 11.6. The van der Waals surface area contributed by atoms with Crippen LogP contribution in [0.5, 0.6) is 0 Å². The zero-order chi connectivity index (χ0) is 17.2. The van der Waals surface area contributed by atoms with Crippen molar-refractivity contribution in [2.24, 2.45) is 0 Å². The van der Waals surface area contributed by atoms with E-state index in [1.165, 1.54) is 12.3 Å². The average Bonchev–Trinajstić information content (AvgIpc) is 2.47. The maximum Gasteiger partial charge on any atom is 0.177 e. The van der Waals surface area contributed by atoms with Gasteiger partial charge in [-0.05, 0) is 42.2 Å². The number of halogens is 3. The van der Waals surface area contributed by atoms with E-state index in [0.29, 0.717) is 34.0 Å². The summed E-state index contributed by atoms with van der Waals surface area (Å²) in [6.45, 7) is 0. The average molecular weight is 395 g/mol. The number of rotatable bonds is 5. The van der Waals surface area contributed by atoms with Gasteiger partial charge in [0.25, 0.3) is 0 Å². The minimum absolute atomic E-state index is 0.0981. The Morgan fingerprint density at radius 2 is 1.87 bits per heavy atom. The van der Waals surface area contributed by atoms with Crippen molar-refractivity contribution >= 4 is 44.6 Å². The van der Waals surface area contributed by atoms with Crippen molar-refractivity contribution in [2.45, 2.75) is 23.8 Å². The quantitative estimate of drug-likeness (QED) is 0.775. The summed E-state index contributed by atoms with van der Waals surface area (Å²) in [6.07, 6.45) is 2.26. The van der Waals surface area contributed by atoms with Crippen LogP contribution in [0.25, 0.3) is 0 Å². The Morgan fingerprint density at radius 3 is 2.48 bits per heavy atom. The molecule has 0 bridgehead atoms. The van der Waals surface area contributed by atoms with E-state index < -0.39 is 15.9 Å². The molecule has 1 aromatic heterocycles. The topological polar surface area (TPSA) is 67.3 Å². The molecule has 1 aromatic carbocycles. The first-order valence-electron chi connectivity index (χ1n) is 6.66. The Hall–Kier alpha value is -0.850. The molecule has 1 atom stereocenters. The number of pyridine rings is 1. The molecule has 0 spiro atoms. The molecular formula is C15H14Cl3NO3S. The Morgan fingerprint density at radius 1 is 1.17 bits per heavy atom. The third kappa shape index (κ3) is 4.81. The van der Waals surface area contributed by atoms with E-state index in [-0.39, 0.29) is 10.0 Å². The van der Waals surface area contributed by atoms with Crippen LogP contribution in [0.3, 0.4) is 0 Å². The highest BCUT2D eigenvalue weighted by atomic mass is 35.5. The second-order valence-electron chi connectivity index (χ2n) is 5.12. The lowest BCUT2D eigenvalue weighted by Gasteiger charge is -2.13. The molecule has 0 saturated carbocycles. The summed E-state index contributed by atoms with van der Waals surface area (Å²) in [5.41, 5.74) is 1.19. The third-order valence-corrected chi connectivity index (χ3v) is 5.49. The van der Waals surface area contributed by atoms with E-state index in [1.54, 1.807) is 18.2 Å². The number of sulfone groups is 1. The highest BCUT2D eigenvalue weighted by Gasteiger charge is 2.14. The molecule has 1 heterocycles. The van der Waals surface area contributed by atoms with Crippen molar-refractivity contribution in [3.05, 3.63) is 56.8 Å². The highest BCUT2D eigenvalue weighted by Crippen LogP contribution is 2.28. The molecule has 1 N–H and O–H groups in total. The molecule has 124 valence electrons. The van der Waals surface area contributed by atoms with Gasteiger partial charge in [-0.2, -0.15) is 0 Å². The molecule has 2 aromatic rings. The number of benzene rings is 1. The van der Waals surface area contributed by atoms with E-state index >= 15 is 0 Å². The zero-order valence-electron chi connectivity index (χ0n) is 12.1. The fraction of sp³-hybridized carbons (Fsp3) is 0.267. The minimum atomic E-state index is -3.36. The summed E-state index contributed by atoms with van der Waals surface area (Å²) in [5.74, 6) is 0. The van der Waals surface area contributed by atoms with Crippen molar-refractivity contribution in [1.29, 1.82) is 0 Å². The minimum Gasteiger partial charge on any atom is -0.388 e. The Labute approximate surface area is 149 Å². The molecule has 0 aliphatic rings. The molecule has 0 fully saturated rings. The molecule has 0 aliphatic heterocycles. The number of aliphatic hydroxyl groups is 1. The summed E-state index contributed by atoms with van der Waals surface area (Å²) in [7, 11) is -3.36. The molecule has 0 radical (unpaired) electrons. The molecule has 0 saturated heterocycles. The smallest absolute Gasteiger partial charge is 0.177 e. The van der Waals surface area contributed by atoms with Gasteiger partial charge in [-0.15, -0.1) is 0 Å². The molecule has 8 heteroatoms. The van der Waals surface area contributed by atoms with Crippen molar-refractivity contribution < 1.29 is 13.5 Å². The van der Waals surface area contributed by atoms with Crippen LogP contribution < -0.4 is 0 Å². The Bertz CT molecular complexity index is 825. The lowest BCUT2D eigenvalue weighted by molar-refractivity contribution is 0.168. The number of hydrogen-bond donors (Lipinski definition) is 1. The lowest BCUT2D eigenvalue weighted by atomic mass is 10.0. The molecule has 23 heavy (non-hydrogen) atoms. The first-order valence-corrected chi connectivity index (χ1v) is 9.68. The van der Waals surface area contributed by atoms with Gasteiger partial charge in [-0.25, -0.2) is 13.4 Å². The first kappa shape index (κ1) is 18.5. The standard InChI is InChI=1S/C15H14Cl3NO3S/c1-23(21,22)11-6-10(15(18)19-8-11)3-5-14(20)9-2-4-12(16)13(17)7-9/h2,4,6-8,14,20H,3,5H2,1H3. The van der Waals surface area contributed by atoms with Gasteiger partial charge in [0.15, 0.2) is 9.84 Å². The van der Waals surface area contributed by atoms with Crippen LogP contribution in [-0.2, 0) is 16.3 Å².